The monoisotopic (exact) mass is 312 g/mol. The van der Waals surface area contributed by atoms with E-state index < -0.39 is 0 Å². The van der Waals surface area contributed by atoms with E-state index in [1.54, 1.807) is 18.3 Å². The van der Waals surface area contributed by atoms with Crippen molar-refractivity contribution in [3.8, 4) is 0 Å². The lowest BCUT2D eigenvalue weighted by molar-refractivity contribution is 0.0701. The number of nitrogens with zero attached hydrogens (tertiary/aromatic N) is 2. The zero-order valence-corrected chi connectivity index (χ0v) is 12.6. The first kappa shape index (κ1) is 14.0. The molecule has 3 heterocycles. The molecule has 0 spiro atoms. The standard InChI is InChI=1S/C17H17FN4O/c18-13-4-3-11-8-16(20-15(11)9-13)17(23)22-7-1-2-12(10-22)14-5-6-19-21-14/h3-6,8-9,12,20H,1-2,7,10H2,(H,19,21)/t12-/m0/s1. The number of fused-ring (bicyclic) bond motifs is 1. The van der Waals surface area contributed by atoms with Gasteiger partial charge in [-0.3, -0.25) is 9.89 Å². The Morgan fingerprint density at radius 3 is 3.04 bits per heavy atom. The Morgan fingerprint density at radius 2 is 2.22 bits per heavy atom. The van der Waals surface area contributed by atoms with Gasteiger partial charge in [-0.15, -0.1) is 0 Å². The molecule has 1 saturated heterocycles. The molecular weight excluding hydrogens is 295 g/mol. The topological polar surface area (TPSA) is 64.8 Å². The Balaban J connectivity index is 1.57. The Morgan fingerprint density at radius 1 is 1.30 bits per heavy atom. The van der Waals surface area contributed by atoms with Gasteiger partial charge in [0.05, 0.1) is 0 Å². The molecule has 2 aromatic heterocycles. The van der Waals surface area contributed by atoms with Gasteiger partial charge >= 0.3 is 0 Å². The Kier molecular flexibility index (Phi) is 3.37. The number of H-pyrrole nitrogens is 2. The third-order valence-electron chi connectivity index (χ3n) is 4.49. The second kappa shape index (κ2) is 5.53. The molecule has 0 radical (unpaired) electrons. The molecule has 1 fully saturated rings. The molecule has 1 atom stereocenters. The molecule has 118 valence electrons. The van der Waals surface area contributed by atoms with E-state index in [0.29, 0.717) is 17.8 Å². The number of rotatable bonds is 2. The molecule has 0 unspecified atom stereocenters. The van der Waals surface area contributed by atoms with Crippen LogP contribution in [0.3, 0.4) is 0 Å². The van der Waals surface area contributed by atoms with E-state index in [9.17, 15) is 9.18 Å². The highest BCUT2D eigenvalue weighted by Gasteiger charge is 2.27. The molecule has 0 saturated carbocycles. The van der Waals surface area contributed by atoms with Crippen LogP contribution in [-0.4, -0.2) is 39.1 Å². The summed E-state index contributed by atoms with van der Waals surface area (Å²) in [7, 11) is 0. The summed E-state index contributed by atoms with van der Waals surface area (Å²) in [5, 5.41) is 7.83. The molecule has 5 nitrogen and oxygen atoms in total. The highest BCUT2D eigenvalue weighted by molar-refractivity contribution is 5.98. The number of aromatic amines is 2. The summed E-state index contributed by atoms with van der Waals surface area (Å²) < 4.78 is 13.3. The van der Waals surface area contributed by atoms with Gasteiger partial charge in [0, 0.05) is 41.8 Å². The average molecular weight is 312 g/mol. The van der Waals surface area contributed by atoms with Crippen molar-refractivity contribution in [1.29, 1.82) is 0 Å². The van der Waals surface area contributed by atoms with Gasteiger partial charge in [-0.1, -0.05) is 0 Å². The lowest BCUT2D eigenvalue weighted by Gasteiger charge is -2.32. The van der Waals surface area contributed by atoms with Crippen LogP contribution in [0.4, 0.5) is 4.39 Å². The third kappa shape index (κ3) is 2.60. The van der Waals surface area contributed by atoms with E-state index in [4.69, 9.17) is 0 Å². The van der Waals surface area contributed by atoms with Crippen molar-refractivity contribution in [2.45, 2.75) is 18.8 Å². The first-order valence-corrected chi connectivity index (χ1v) is 7.77. The fourth-order valence-corrected chi connectivity index (χ4v) is 3.29. The number of nitrogens with one attached hydrogen (secondary N) is 2. The minimum absolute atomic E-state index is 0.0363. The van der Waals surface area contributed by atoms with E-state index in [2.05, 4.69) is 15.2 Å². The fourth-order valence-electron chi connectivity index (χ4n) is 3.29. The van der Waals surface area contributed by atoms with Gasteiger partial charge < -0.3 is 9.88 Å². The van der Waals surface area contributed by atoms with Crippen LogP contribution in [0.5, 0.6) is 0 Å². The fraction of sp³-hybridized carbons (Fsp3) is 0.294. The van der Waals surface area contributed by atoms with Gasteiger partial charge in [-0.05, 0) is 43.2 Å². The van der Waals surface area contributed by atoms with Crippen LogP contribution in [-0.2, 0) is 0 Å². The van der Waals surface area contributed by atoms with Gasteiger partial charge in [-0.25, -0.2) is 4.39 Å². The van der Waals surface area contributed by atoms with Crippen LogP contribution >= 0.6 is 0 Å². The quantitative estimate of drug-likeness (QED) is 0.764. The summed E-state index contributed by atoms with van der Waals surface area (Å²) >= 11 is 0. The zero-order valence-electron chi connectivity index (χ0n) is 12.6. The van der Waals surface area contributed by atoms with Gasteiger partial charge in [0.1, 0.15) is 11.5 Å². The van der Waals surface area contributed by atoms with Crippen molar-refractivity contribution in [2.24, 2.45) is 0 Å². The van der Waals surface area contributed by atoms with Crippen LogP contribution in [0.2, 0.25) is 0 Å². The van der Waals surface area contributed by atoms with Crippen molar-refractivity contribution in [3.05, 3.63) is 53.7 Å². The van der Waals surface area contributed by atoms with Gasteiger partial charge in [0.2, 0.25) is 0 Å². The zero-order chi connectivity index (χ0) is 15.8. The summed E-state index contributed by atoms with van der Waals surface area (Å²) in [6.07, 6.45) is 3.75. The molecule has 1 amide bonds. The van der Waals surface area contributed by atoms with Gasteiger partial charge in [-0.2, -0.15) is 5.10 Å². The summed E-state index contributed by atoms with van der Waals surface area (Å²) in [5.41, 5.74) is 2.23. The predicted molar refractivity (Wildman–Crippen MR) is 84.7 cm³/mol. The normalized spacial score (nSPS) is 18.5. The van der Waals surface area contributed by atoms with Gasteiger partial charge in [0.25, 0.3) is 5.91 Å². The number of carbonyl (C=O) groups is 1. The van der Waals surface area contributed by atoms with Crippen molar-refractivity contribution in [1.82, 2.24) is 20.1 Å². The lowest BCUT2D eigenvalue weighted by Crippen LogP contribution is -2.39. The number of likely N-dealkylation sites (tertiary alicyclic amines) is 1. The van der Waals surface area contributed by atoms with Crippen LogP contribution in [0.15, 0.2) is 36.5 Å². The smallest absolute Gasteiger partial charge is 0.270 e. The second-order valence-corrected chi connectivity index (χ2v) is 6.02. The Bertz CT molecular complexity index is 840. The molecule has 1 aromatic carbocycles. The molecular formula is C17H17FN4O. The van der Waals surface area contributed by atoms with E-state index in [1.807, 2.05) is 11.0 Å². The second-order valence-electron chi connectivity index (χ2n) is 6.02. The molecule has 3 aromatic rings. The number of benzene rings is 1. The Labute approximate surface area is 132 Å². The van der Waals surface area contributed by atoms with Crippen LogP contribution in [0.1, 0.15) is 34.9 Å². The molecule has 1 aliphatic rings. The minimum Gasteiger partial charge on any atom is -0.350 e. The van der Waals surface area contributed by atoms with E-state index in [0.717, 1.165) is 30.5 Å². The lowest BCUT2D eigenvalue weighted by atomic mass is 9.95. The molecule has 23 heavy (non-hydrogen) atoms. The number of hydrogen-bond acceptors (Lipinski definition) is 2. The average Bonchev–Trinajstić information content (AvgIpc) is 3.23. The summed E-state index contributed by atoms with van der Waals surface area (Å²) in [6, 6.07) is 8.25. The maximum absolute atomic E-state index is 13.3. The molecule has 4 rings (SSSR count). The van der Waals surface area contributed by atoms with E-state index >= 15 is 0 Å². The van der Waals surface area contributed by atoms with Crippen molar-refractivity contribution in [2.75, 3.05) is 13.1 Å². The van der Waals surface area contributed by atoms with E-state index in [1.165, 1.54) is 12.1 Å². The van der Waals surface area contributed by atoms with Crippen LogP contribution in [0, 0.1) is 5.82 Å². The molecule has 0 bridgehead atoms. The summed E-state index contributed by atoms with van der Waals surface area (Å²) in [5.74, 6) is -0.0570. The van der Waals surface area contributed by atoms with Crippen molar-refractivity contribution in [3.63, 3.8) is 0 Å². The van der Waals surface area contributed by atoms with Crippen molar-refractivity contribution >= 4 is 16.8 Å². The number of halogens is 1. The molecule has 0 aliphatic carbocycles. The third-order valence-corrected chi connectivity index (χ3v) is 4.49. The first-order valence-electron chi connectivity index (χ1n) is 7.77. The van der Waals surface area contributed by atoms with Gasteiger partial charge in [0.15, 0.2) is 0 Å². The number of amides is 1. The largest absolute Gasteiger partial charge is 0.350 e. The van der Waals surface area contributed by atoms with E-state index in [-0.39, 0.29) is 17.6 Å². The summed E-state index contributed by atoms with van der Waals surface area (Å²) in [4.78, 5) is 17.6. The first-order chi connectivity index (χ1) is 11.2. The molecule has 6 heteroatoms. The van der Waals surface area contributed by atoms with Crippen LogP contribution in [0.25, 0.3) is 10.9 Å². The number of hydrogen-bond donors (Lipinski definition) is 2. The number of carbonyl (C=O) groups excluding carboxylic acids is 1. The molecule has 1 aliphatic heterocycles. The predicted octanol–water partition coefficient (Wildman–Crippen LogP) is 3.05. The van der Waals surface area contributed by atoms with Crippen molar-refractivity contribution < 1.29 is 9.18 Å². The molecule has 2 N–H and O–H groups in total. The SMILES string of the molecule is O=C(c1cc2ccc(F)cc2[nH]1)N1CCC[C@H](c2ccn[nH]2)C1. The highest BCUT2D eigenvalue weighted by Crippen LogP contribution is 2.27. The van der Waals surface area contributed by atoms with Crippen LogP contribution < -0.4 is 0 Å². The minimum atomic E-state index is -0.310. The maximum Gasteiger partial charge on any atom is 0.270 e. The maximum atomic E-state index is 13.3. The highest BCUT2D eigenvalue weighted by atomic mass is 19.1. The Hall–Kier alpha value is -2.63. The number of piperidine rings is 1. The number of aromatic nitrogens is 3. The summed E-state index contributed by atoms with van der Waals surface area (Å²) in [6.45, 7) is 1.41.